The summed E-state index contributed by atoms with van der Waals surface area (Å²) in [6.45, 7) is 3.22. The first-order chi connectivity index (χ1) is 12.0. The maximum Gasteiger partial charge on any atom is 0.387 e. The molecule has 25 heavy (non-hydrogen) atoms. The van der Waals surface area contributed by atoms with Gasteiger partial charge in [0.25, 0.3) is 0 Å². The Bertz CT molecular complexity index is 705. The molecule has 0 amide bonds. The minimum absolute atomic E-state index is 0.0301. The average molecular weight is 345 g/mol. The topological polar surface area (TPSA) is 29.5 Å². The molecule has 0 saturated heterocycles. The van der Waals surface area contributed by atoms with Crippen LogP contribution in [0.2, 0.25) is 0 Å². The lowest BCUT2D eigenvalue weighted by molar-refractivity contribution is -0.0498. The predicted octanol–water partition coefficient (Wildman–Crippen LogP) is 5.03. The van der Waals surface area contributed by atoms with E-state index in [9.17, 15) is 13.6 Å². The van der Waals surface area contributed by atoms with Crippen molar-refractivity contribution >= 4 is 17.5 Å². The molecular weight excluding hydrogens is 324 g/mol. The number of hydrogen-bond donors (Lipinski definition) is 0. The van der Waals surface area contributed by atoms with Crippen molar-refractivity contribution in [2.45, 2.75) is 20.5 Å². The van der Waals surface area contributed by atoms with E-state index in [1.807, 2.05) is 24.3 Å². The number of nitrogens with zero attached hydrogens (tertiary/aromatic N) is 1. The molecule has 0 atom stereocenters. The highest BCUT2D eigenvalue weighted by Crippen LogP contribution is 2.17. The normalized spacial score (nSPS) is 11.1. The Morgan fingerprint density at radius 1 is 1.04 bits per heavy atom. The van der Waals surface area contributed by atoms with Crippen molar-refractivity contribution in [2.24, 2.45) is 0 Å². The fourth-order valence-electron chi connectivity index (χ4n) is 2.45. The molecule has 0 heterocycles. The molecule has 0 spiro atoms. The number of alkyl halides is 2. The molecule has 0 bridgehead atoms. The molecule has 0 aromatic heterocycles. The van der Waals surface area contributed by atoms with Crippen LogP contribution in [0.25, 0.3) is 6.08 Å². The summed E-state index contributed by atoms with van der Waals surface area (Å²) in [6.07, 6.45) is 3.20. The van der Waals surface area contributed by atoms with Crippen LogP contribution in [-0.2, 0) is 0 Å². The summed E-state index contributed by atoms with van der Waals surface area (Å²) in [6, 6.07) is 13.6. The van der Waals surface area contributed by atoms with Gasteiger partial charge in [0.2, 0.25) is 0 Å². The molecule has 0 aliphatic carbocycles. The predicted molar refractivity (Wildman–Crippen MR) is 96.4 cm³/mol. The number of anilines is 1. The first kappa shape index (κ1) is 18.6. The Balaban J connectivity index is 2.02. The number of hydrogen-bond acceptors (Lipinski definition) is 3. The van der Waals surface area contributed by atoms with Crippen LogP contribution < -0.4 is 9.64 Å². The fraction of sp³-hybridized carbons (Fsp3) is 0.250. The molecule has 3 nitrogen and oxygen atoms in total. The number of carbonyl (C=O) groups excluding carboxylic acids is 1. The number of ether oxygens (including phenoxy) is 1. The number of benzene rings is 2. The van der Waals surface area contributed by atoms with Gasteiger partial charge in [0.15, 0.2) is 5.78 Å². The number of ketones is 1. The zero-order valence-electron chi connectivity index (χ0n) is 14.3. The van der Waals surface area contributed by atoms with Gasteiger partial charge in [-0.25, -0.2) is 0 Å². The quantitative estimate of drug-likeness (QED) is 0.496. The van der Waals surface area contributed by atoms with E-state index in [-0.39, 0.29) is 11.5 Å². The largest absolute Gasteiger partial charge is 0.435 e. The van der Waals surface area contributed by atoms with Gasteiger partial charge < -0.3 is 9.64 Å². The molecule has 0 saturated carbocycles. The Morgan fingerprint density at radius 2 is 1.64 bits per heavy atom. The third-order valence-corrected chi connectivity index (χ3v) is 3.81. The van der Waals surface area contributed by atoms with Gasteiger partial charge in [-0.05, 0) is 61.9 Å². The third kappa shape index (κ3) is 5.41. The molecule has 0 aliphatic heterocycles. The second-order valence-electron chi connectivity index (χ2n) is 5.36. The minimum atomic E-state index is -2.87. The molecule has 2 rings (SSSR count). The van der Waals surface area contributed by atoms with E-state index in [0.29, 0.717) is 5.56 Å². The third-order valence-electron chi connectivity index (χ3n) is 3.81. The SMILES string of the molecule is CCN(CC)c1ccc(/C=C/C(=O)c2ccc(OC(F)F)cc2)cc1. The second-order valence-corrected chi connectivity index (χ2v) is 5.36. The smallest absolute Gasteiger partial charge is 0.387 e. The molecule has 2 aromatic carbocycles. The van der Waals surface area contributed by atoms with Crippen molar-refractivity contribution in [3.8, 4) is 5.75 Å². The van der Waals surface area contributed by atoms with Crippen LogP contribution in [0.3, 0.4) is 0 Å². The maximum atomic E-state index is 12.1. The first-order valence-electron chi connectivity index (χ1n) is 8.15. The molecule has 0 fully saturated rings. The molecule has 0 N–H and O–H groups in total. The van der Waals surface area contributed by atoms with E-state index in [4.69, 9.17) is 0 Å². The summed E-state index contributed by atoms with van der Waals surface area (Å²) < 4.78 is 28.5. The Kier molecular flexibility index (Phi) is 6.69. The number of carbonyl (C=O) groups is 1. The summed E-state index contributed by atoms with van der Waals surface area (Å²) >= 11 is 0. The lowest BCUT2D eigenvalue weighted by atomic mass is 10.1. The van der Waals surface area contributed by atoms with Gasteiger partial charge in [0.1, 0.15) is 5.75 Å². The number of rotatable bonds is 8. The van der Waals surface area contributed by atoms with Crippen LogP contribution in [0.4, 0.5) is 14.5 Å². The summed E-state index contributed by atoms with van der Waals surface area (Å²) in [7, 11) is 0. The fourth-order valence-corrected chi connectivity index (χ4v) is 2.45. The van der Waals surface area contributed by atoms with E-state index >= 15 is 0 Å². The van der Waals surface area contributed by atoms with Gasteiger partial charge in [-0.2, -0.15) is 8.78 Å². The highest BCUT2D eigenvalue weighted by molar-refractivity contribution is 6.06. The van der Waals surface area contributed by atoms with Crippen molar-refractivity contribution in [3.05, 3.63) is 65.7 Å². The lowest BCUT2D eigenvalue weighted by Gasteiger charge is -2.20. The van der Waals surface area contributed by atoms with Crippen LogP contribution in [-0.4, -0.2) is 25.5 Å². The zero-order chi connectivity index (χ0) is 18.2. The number of allylic oxidation sites excluding steroid dienone is 1. The Labute approximate surface area is 146 Å². The van der Waals surface area contributed by atoms with Gasteiger partial charge in [-0.3, -0.25) is 4.79 Å². The van der Waals surface area contributed by atoms with Crippen LogP contribution in [0.1, 0.15) is 29.8 Å². The molecular formula is C20H21F2NO2. The summed E-state index contributed by atoms with van der Waals surface area (Å²) in [4.78, 5) is 14.4. The highest BCUT2D eigenvalue weighted by atomic mass is 19.3. The molecule has 0 radical (unpaired) electrons. The van der Waals surface area contributed by atoms with Crippen molar-refractivity contribution in [3.63, 3.8) is 0 Å². The summed E-state index contributed by atoms with van der Waals surface area (Å²) in [5.41, 5.74) is 2.47. The first-order valence-corrected chi connectivity index (χ1v) is 8.15. The van der Waals surface area contributed by atoms with Crippen molar-refractivity contribution in [1.29, 1.82) is 0 Å². The molecule has 2 aromatic rings. The zero-order valence-corrected chi connectivity index (χ0v) is 14.3. The summed E-state index contributed by atoms with van der Waals surface area (Å²) in [5, 5.41) is 0. The van der Waals surface area contributed by atoms with Gasteiger partial charge in [0, 0.05) is 24.3 Å². The van der Waals surface area contributed by atoms with Crippen molar-refractivity contribution in [1.82, 2.24) is 0 Å². The van der Waals surface area contributed by atoms with Gasteiger partial charge in [-0.1, -0.05) is 18.2 Å². The van der Waals surface area contributed by atoms with E-state index in [1.54, 1.807) is 6.08 Å². The standard InChI is InChI=1S/C20H21F2NO2/c1-3-23(4-2)17-10-5-15(6-11-17)7-14-19(24)16-8-12-18(13-9-16)25-20(21)22/h5-14,20H,3-4H2,1-2H3/b14-7+. The second kappa shape index (κ2) is 8.97. The molecule has 0 unspecified atom stereocenters. The van der Waals surface area contributed by atoms with E-state index < -0.39 is 6.61 Å². The van der Waals surface area contributed by atoms with Crippen LogP contribution in [0.5, 0.6) is 5.75 Å². The van der Waals surface area contributed by atoms with E-state index in [1.165, 1.54) is 30.3 Å². The van der Waals surface area contributed by atoms with E-state index in [0.717, 1.165) is 24.3 Å². The van der Waals surface area contributed by atoms with Gasteiger partial charge in [0.05, 0.1) is 0 Å². The molecule has 0 aliphatic rings. The minimum Gasteiger partial charge on any atom is -0.435 e. The van der Waals surface area contributed by atoms with E-state index in [2.05, 4.69) is 23.5 Å². The maximum absolute atomic E-state index is 12.1. The van der Waals surface area contributed by atoms with Crippen molar-refractivity contribution < 1.29 is 18.3 Å². The van der Waals surface area contributed by atoms with Crippen LogP contribution in [0, 0.1) is 0 Å². The van der Waals surface area contributed by atoms with Crippen molar-refractivity contribution in [2.75, 3.05) is 18.0 Å². The van der Waals surface area contributed by atoms with Crippen LogP contribution in [0.15, 0.2) is 54.6 Å². The molecule has 132 valence electrons. The van der Waals surface area contributed by atoms with Gasteiger partial charge >= 0.3 is 6.61 Å². The van der Waals surface area contributed by atoms with Crippen LogP contribution >= 0.6 is 0 Å². The number of halogens is 2. The van der Waals surface area contributed by atoms with Gasteiger partial charge in [-0.15, -0.1) is 0 Å². The average Bonchev–Trinajstić information content (AvgIpc) is 2.62. The lowest BCUT2D eigenvalue weighted by Crippen LogP contribution is -2.21. The summed E-state index contributed by atoms with van der Waals surface area (Å²) in [5.74, 6) is -0.168. The Morgan fingerprint density at radius 3 is 2.16 bits per heavy atom. The molecule has 5 heteroatoms. The highest BCUT2D eigenvalue weighted by Gasteiger charge is 2.06. The monoisotopic (exact) mass is 345 g/mol. The Hall–Kier alpha value is -2.69.